The maximum absolute atomic E-state index is 11.5. The zero-order valence-electron chi connectivity index (χ0n) is 18.9. The van der Waals surface area contributed by atoms with E-state index in [-0.39, 0.29) is 0 Å². The van der Waals surface area contributed by atoms with Gasteiger partial charge in [0.1, 0.15) is 28.8 Å². The van der Waals surface area contributed by atoms with Gasteiger partial charge in [-0.15, -0.1) is 0 Å². The number of benzene rings is 2. The largest absolute Gasteiger partial charge is 0.497 e. The number of carboxylic acid groups (broad SMARTS) is 1. The van der Waals surface area contributed by atoms with Gasteiger partial charge in [0.25, 0.3) is 0 Å². The molecule has 2 aliphatic heterocycles. The summed E-state index contributed by atoms with van der Waals surface area (Å²) in [5, 5.41) is 9.46. The van der Waals surface area contributed by atoms with E-state index in [9.17, 15) is 9.90 Å². The average molecular weight is 440 g/mol. The summed E-state index contributed by atoms with van der Waals surface area (Å²) in [6, 6.07) is 11.3. The topological polar surface area (TPSA) is 83.8 Å². The van der Waals surface area contributed by atoms with Gasteiger partial charge in [0.05, 0.1) is 25.2 Å². The highest BCUT2D eigenvalue weighted by molar-refractivity contribution is 6.04. The first-order valence-electron chi connectivity index (χ1n) is 10.6. The molecule has 4 rings (SSSR count). The van der Waals surface area contributed by atoms with Crippen LogP contribution in [0.3, 0.4) is 0 Å². The summed E-state index contributed by atoms with van der Waals surface area (Å²) in [6.45, 7) is 7.03. The van der Waals surface area contributed by atoms with Gasteiger partial charge in [0.15, 0.2) is 5.75 Å². The van der Waals surface area contributed by atoms with Crippen LogP contribution in [-0.4, -0.2) is 73.7 Å². The molecule has 2 aromatic carbocycles. The second-order valence-electron chi connectivity index (χ2n) is 8.69. The highest BCUT2D eigenvalue weighted by Gasteiger charge is 2.32. The molecule has 2 aromatic rings. The van der Waals surface area contributed by atoms with E-state index < -0.39 is 11.4 Å². The van der Waals surface area contributed by atoms with Gasteiger partial charge >= 0.3 is 5.97 Å². The number of hydrogen-bond donors (Lipinski definition) is 1. The number of amidine groups is 1. The Balaban J connectivity index is 1.64. The van der Waals surface area contributed by atoms with Crippen molar-refractivity contribution < 1.29 is 24.1 Å². The molecule has 2 heterocycles. The molecular weight excluding hydrogens is 410 g/mol. The maximum Gasteiger partial charge on any atom is 0.310 e. The SMILES string of the molecule is COc1ccc2c(c1)N=C(N1CCN(CC(C)(C)C(=O)O)CC1)c1ccc(OC)cc1O2. The fraction of sp³-hybridized carbons (Fsp3) is 0.417. The summed E-state index contributed by atoms with van der Waals surface area (Å²) in [6.07, 6.45) is 0. The average Bonchev–Trinajstić information content (AvgIpc) is 2.94. The van der Waals surface area contributed by atoms with Crippen molar-refractivity contribution in [3.8, 4) is 23.0 Å². The van der Waals surface area contributed by atoms with Crippen molar-refractivity contribution >= 4 is 17.5 Å². The number of carbonyl (C=O) groups is 1. The third-order valence-electron chi connectivity index (χ3n) is 5.91. The second-order valence-corrected chi connectivity index (χ2v) is 8.69. The van der Waals surface area contributed by atoms with E-state index in [2.05, 4.69) is 9.80 Å². The minimum absolute atomic E-state index is 0.513. The van der Waals surface area contributed by atoms with E-state index >= 15 is 0 Å². The Morgan fingerprint density at radius 2 is 1.69 bits per heavy atom. The van der Waals surface area contributed by atoms with E-state index in [1.165, 1.54) is 0 Å². The molecule has 8 heteroatoms. The summed E-state index contributed by atoms with van der Waals surface area (Å²) in [7, 11) is 3.26. The minimum Gasteiger partial charge on any atom is -0.497 e. The van der Waals surface area contributed by atoms with Gasteiger partial charge in [-0.25, -0.2) is 4.99 Å². The molecule has 0 bridgehead atoms. The number of rotatable bonds is 5. The monoisotopic (exact) mass is 439 g/mol. The molecule has 2 aliphatic rings. The number of hydrogen-bond acceptors (Lipinski definition) is 7. The molecule has 0 radical (unpaired) electrons. The first-order valence-corrected chi connectivity index (χ1v) is 10.6. The lowest BCUT2D eigenvalue weighted by Gasteiger charge is -2.39. The van der Waals surface area contributed by atoms with Gasteiger partial charge in [-0.1, -0.05) is 0 Å². The van der Waals surface area contributed by atoms with Crippen LogP contribution in [0.1, 0.15) is 19.4 Å². The van der Waals surface area contributed by atoms with Crippen molar-refractivity contribution in [3.63, 3.8) is 0 Å². The molecule has 32 heavy (non-hydrogen) atoms. The van der Waals surface area contributed by atoms with Crippen LogP contribution >= 0.6 is 0 Å². The lowest BCUT2D eigenvalue weighted by molar-refractivity contribution is -0.148. The Morgan fingerprint density at radius 3 is 2.34 bits per heavy atom. The van der Waals surface area contributed by atoms with Gasteiger partial charge in [-0.05, 0) is 38.1 Å². The summed E-state index contributed by atoms with van der Waals surface area (Å²) in [4.78, 5) is 20.9. The number of piperazine rings is 1. The van der Waals surface area contributed by atoms with Crippen LogP contribution in [0.4, 0.5) is 5.69 Å². The molecule has 0 atom stereocenters. The molecule has 0 unspecified atom stereocenters. The van der Waals surface area contributed by atoms with Gasteiger partial charge in [0, 0.05) is 44.9 Å². The molecule has 0 saturated carbocycles. The minimum atomic E-state index is -0.783. The smallest absolute Gasteiger partial charge is 0.310 e. The first kappa shape index (κ1) is 22.0. The zero-order chi connectivity index (χ0) is 22.9. The highest BCUT2D eigenvalue weighted by atomic mass is 16.5. The predicted octanol–water partition coefficient (Wildman–Crippen LogP) is 3.62. The van der Waals surface area contributed by atoms with Crippen molar-refractivity contribution in [2.45, 2.75) is 13.8 Å². The molecule has 170 valence electrons. The molecule has 0 spiro atoms. The number of nitrogens with zero attached hydrogens (tertiary/aromatic N) is 3. The first-order chi connectivity index (χ1) is 15.3. The van der Waals surface area contributed by atoms with Crippen LogP contribution in [0.5, 0.6) is 23.0 Å². The standard InChI is InChI=1S/C24H29N3O5/c1-24(2,23(28)29)15-26-9-11-27(12-10-26)22-18-7-5-17(31-4)14-21(18)32-20-8-6-16(30-3)13-19(20)25-22/h5-8,13-14H,9-12,15H2,1-4H3,(H,28,29). The molecule has 0 aliphatic carbocycles. The number of ether oxygens (including phenoxy) is 3. The molecule has 0 amide bonds. The number of carboxylic acids is 1. The van der Waals surface area contributed by atoms with Crippen LogP contribution < -0.4 is 14.2 Å². The zero-order valence-corrected chi connectivity index (χ0v) is 18.9. The maximum atomic E-state index is 11.5. The Morgan fingerprint density at radius 1 is 1.03 bits per heavy atom. The van der Waals surface area contributed by atoms with E-state index in [0.717, 1.165) is 37.6 Å². The van der Waals surface area contributed by atoms with Gasteiger partial charge in [0.2, 0.25) is 0 Å². The van der Waals surface area contributed by atoms with Crippen LogP contribution in [-0.2, 0) is 4.79 Å². The predicted molar refractivity (Wildman–Crippen MR) is 122 cm³/mol. The van der Waals surface area contributed by atoms with Gasteiger partial charge in [-0.3, -0.25) is 9.69 Å². The van der Waals surface area contributed by atoms with Crippen molar-refractivity contribution in [3.05, 3.63) is 42.0 Å². The normalized spacial score (nSPS) is 16.2. The van der Waals surface area contributed by atoms with Crippen LogP contribution in [0.25, 0.3) is 0 Å². The van der Waals surface area contributed by atoms with Crippen molar-refractivity contribution in [1.82, 2.24) is 9.80 Å². The van der Waals surface area contributed by atoms with E-state index in [1.54, 1.807) is 28.1 Å². The van der Waals surface area contributed by atoms with Crippen LogP contribution in [0, 0.1) is 5.41 Å². The quantitative estimate of drug-likeness (QED) is 0.762. The Bertz CT molecular complexity index is 1040. The number of fused-ring (bicyclic) bond motifs is 2. The third kappa shape index (κ3) is 4.36. The van der Waals surface area contributed by atoms with Gasteiger partial charge in [-0.2, -0.15) is 0 Å². The summed E-state index contributed by atoms with van der Waals surface area (Å²) < 4.78 is 17.0. The van der Waals surface area contributed by atoms with E-state index in [1.807, 2.05) is 36.4 Å². The fourth-order valence-corrected chi connectivity index (χ4v) is 3.97. The molecular formula is C24H29N3O5. The fourth-order valence-electron chi connectivity index (χ4n) is 3.97. The summed E-state index contributed by atoms with van der Waals surface area (Å²) in [5.41, 5.74) is 0.804. The number of aliphatic carboxylic acids is 1. The van der Waals surface area contributed by atoms with Crippen molar-refractivity contribution in [2.24, 2.45) is 10.4 Å². The lowest BCUT2D eigenvalue weighted by Crippen LogP contribution is -2.52. The van der Waals surface area contributed by atoms with Crippen LogP contribution in [0.2, 0.25) is 0 Å². The van der Waals surface area contributed by atoms with E-state index in [0.29, 0.717) is 35.2 Å². The molecule has 1 N–H and O–H groups in total. The van der Waals surface area contributed by atoms with Gasteiger partial charge < -0.3 is 24.2 Å². The van der Waals surface area contributed by atoms with Crippen molar-refractivity contribution in [1.29, 1.82) is 0 Å². The third-order valence-corrected chi connectivity index (χ3v) is 5.91. The number of aliphatic imine (C=N–C) groups is 1. The Hall–Kier alpha value is -3.26. The van der Waals surface area contributed by atoms with E-state index in [4.69, 9.17) is 19.2 Å². The summed E-state index contributed by atoms with van der Waals surface area (Å²) in [5.74, 6) is 2.80. The Labute approximate surface area is 188 Å². The lowest BCUT2D eigenvalue weighted by atomic mass is 9.93. The second kappa shape index (κ2) is 8.70. The highest BCUT2D eigenvalue weighted by Crippen LogP contribution is 2.41. The summed E-state index contributed by atoms with van der Waals surface area (Å²) >= 11 is 0. The van der Waals surface area contributed by atoms with Crippen molar-refractivity contribution in [2.75, 3.05) is 46.9 Å². The molecule has 1 fully saturated rings. The molecule has 1 saturated heterocycles. The van der Waals surface area contributed by atoms with Crippen LogP contribution in [0.15, 0.2) is 41.4 Å². The Kier molecular flexibility index (Phi) is 5.97. The molecule has 0 aromatic heterocycles. The molecule has 8 nitrogen and oxygen atoms in total. The number of methoxy groups -OCH3 is 2.